The second-order valence-corrected chi connectivity index (χ2v) is 8.30. The number of ether oxygens (including phenoxy) is 1. The minimum Gasteiger partial charge on any atom is -0.493 e. The number of hydrogen-bond acceptors (Lipinski definition) is 5. The highest BCUT2D eigenvalue weighted by Crippen LogP contribution is 2.33. The lowest BCUT2D eigenvalue weighted by Gasteiger charge is -2.17. The van der Waals surface area contributed by atoms with Gasteiger partial charge in [-0.1, -0.05) is 36.3 Å². The van der Waals surface area contributed by atoms with Gasteiger partial charge in [-0.3, -0.25) is 4.57 Å². The topological polar surface area (TPSA) is 116 Å². The zero-order valence-electron chi connectivity index (χ0n) is 19.3. The van der Waals surface area contributed by atoms with Crippen molar-refractivity contribution >= 4 is 11.0 Å². The fourth-order valence-electron chi connectivity index (χ4n) is 4.24. The van der Waals surface area contributed by atoms with E-state index in [0.29, 0.717) is 34.6 Å². The van der Waals surface area contributed by atoms with Crippen LogP contribution in [-0.4, -0.2) is 42.9 Å². The van der Waals surface area contributed by atoms with E-state index in [1.54, 1.807) is 24.3 Å². The molecule has 5 aromatic rings. The van der Waals surface area contributed by atoms with Gasteiger partial charge in [0.2, 0.25) is 5.88 Å². The van der Waals surface area contributed by atoms with E-state index in [0.717, 1.165) is 11.1 Å². The Balaban J connectivity index is 1.58. The van der Waals surface area contributed by atoms with E-state index in [1.165, 1.54) is 4.57 Å². The number of imidazole rings is 2. The maximum atomic E-state index is 13.2. The number of benzene rings is 3. The van der Waals surface area contributed by atoms with E-state index < -0.39 is 11.7 Å². The molecule has 1 atom stereocenters. The van der Waals surface area contributed by atoms with Crippen LogP contribution in [0.1, 0.15) is 23.0 Å². The smallest absolute Gasteiger partial charge is 0.329 e. The normalized spacial score (nSPS) is 11.9. The van der Waals surface area contributed by atoms with Crippen molar-refractivity contribution in [2.45, 2.75) is 12.5 Å². The lowest BCUT2D eigenvalue weighted by atomic mass is 10.1. The van der Waals surface area contributed by atoms with Gasteiger partial charge in [-0.05, 0) is 48.0 Å². The largest absolute Gasteiger partial charge is 0.493 e. The monoisotopic (exact) mass is 480 g/mol. The first-order chi connectivity index (χ1) is 17.6. The summed E-state index contributed by atoms with van der Waals surface area (Å²) >= 11 is 0. The van der Waals surface area contributed by atoms with Crippen molar-refractivity contribution in [3.8, 4) is 35.2 Å². The highest BCUT2D eigenvalue weighted by molar-refractivity contribution is 5.77. The summed E-state index contributed by atoms with van der Waals surface area (Å²) in [5.41, 5.74) is 3.59. The Hall–Kier alpha value is -4.74. The van der Waals surface area contributed by atoms with E-state index in [1.807, 2.05) is 48.5 Å². The molecule has 0 unspecified atom stereocenters. The third kappa shape index (κ3) is 4.48. The molecule has 0 fully saturated rings. The Bertz CT molecular complexity index is 1590. The van der Waals surface area contributed by atoms with E-state index in [-0.39, 0.29) is 24.8 Å². The Labute approximate surface area is 206 Å². The molecule has 0 amide bonds. The lowest BCUT2D eigenvalue weighted by molar-refractivity contribution is 0.201. The Kier molecular flexibility index (Phi) is 6.31. The molecule has 0 radical (unpaired) electrons. The molecular formula is C28H24N4O4. The summed E-state index contributed by atoms with van der Waals surface area (Å²) < 4.78 is 6.72. The number of aliphatic hydroxyl groups is 1. The first-order valence-corrected chi connectivity index (χ1v) is 11.4. The van der Waals surface area contributed by atoms with Crippen molar-refractivity contribution < 1.29 is 14.9 Å². The first-order valence-electron chi connectivity index (χ1n) is 11.4. The van der Waals surface area contributed by atoms with E-state index in [2.05, 4.69) is 15.9 Å². The van der Waals surface area contributed by atoms with Crippen molar-refractivity contribution in [1.29, 1.82) is 0 Å². The molecule has 0 saturated heterocycles. The van der Waals surface area contributed by atoms with E-state index >= 15 is 0 Å². The van der Waals surface area contributed by atoms with Crippen molar-refractivity contribution in [3.05, 3.63) is 100 Å². The van der Waals surface area contributed by atoms with Gasteiger partial charge < -0.3 is 24.9 Å². The zero-order chi connectivity index (χ0) is 25.1. The van der Waals surface area contributed by atoms with Gasteiger partial charge in [0.25, 0.3) is 0 Å². The molecule has 8 nitrogen and oxygen atoms in total. The molecule has 0 spiro atoms. The molecule has 0 bridgehead atoms. The number of rotatable bonds is 8. The summed E-state index contributed by atoms with van der Waals surface area (Å²) in [5.74, 6) is 3.52. The second-order valence-electron chi connectivity index (χ2n) is 8.30. The fourth-order valence-corrected chi connectivity index (χ4v) is 4.24. The Morgan fingerprint density at radius 1 is 1.06 bits per heavy atom. The minimum atomic E-state index is -0.612. The van der Waals surface area contributed by atoms with Crippen LogP contribution in [0.3, 0.4) is 0 Å². The van der Waals surface area contributed by atoms with Gasteiger partial charge in [0.15, 0.2) is 0 Å². The summed E-state index contributed by atoms with van der Waals surface area (Å²) in [5, 5.41) is 20.2. The van der Waals surface area contributed by atoms with Gasteiger partial charge in [-0.2, -0.15) is 0 Å². The molecule has 5 rings (SSSR count). The van der Waals surface area contributed by atoms with Crippen LogP contribution in [0.5, 0.6) is 11.6 Å². The van der Waals surface area contributed by atoms with Gasteiger partial charge in [0, 0.05) is 17.5 Å². The number of hydrogen-bond donors (Lipinski definition) is 4. The molecule has 2 heterocycles. The van der Waals surface area contributed by atoms with Crippen molar-refractivity contribution in [2.24, 2.45) is 0 Å². The summed E-state index contributed by atoms with van der Waals surface area (Å²) in [6.45, 7) is 0.0899. The van der Waals surface area contributed by atoms with E-state index in [4.69, 9.17) is 21.3 Å². The number of aromatic nitrogens is 4. The van der Waals surface area contributed by atoms with Gasteiger partial charge in [0.1, 0.15) is 29.9 Å². The van der Waals surface area contributed by atoms with E-state index in [9.17, 15) is 9.90 Å². The standard InChI is InChI=1S/C28H24N4O4/c1-2-18-8-13-22-23(16-18)30-26(29-22)24(17-19-6-4-3-5-7-19)32-27(34)25(31-28(32)35)20-9-11-21(12-10-20)36-15-14-33/h1,3-13,16,24,33-34H,14-15,17H2,(H,29,30)(H,31,35)/t24-/m0/s1. The molecule has 0 aliphatic carbocycles. The third-order valence-electron chi connectivity index (χ3n) is 5.97. The van der Waals surface area contributed by atoms with Crippen LogP contribution in [0.15, 0.2) is 77.6 Å². The molecule has 8 heteroatoms. The van der Waals surface area contributed by atoms with Crippen LogP contribution in [0.25, 0.3) is 22.3 Å². The average molecular weight is 481 g/mol. The number of nitrogens with one attached hydrogen (secondary N) is 2. The maximum absolute atomic E-state index is 13.2. The number of fused-ring (bicyclic) bond motifs is 1. The second kappa shape index (κ2) is 9.86. The van der Waals surface area contributed by atoms with Crippen LogP contribution in [0.4, 0.5) is 0 Å². The minimum absolute atomic E-state index is 0.0899. The summed E-state index contributed by atoms with van der Waals surface area (Å²) in [6, 6.07) is 21.5. The van der Waals surface area contributed by atoms with Crippen LogP contribution in [0, 0.1) is 12.3 Å². The highest BCUT2D eigenvalue weighted by atomic mass is 16.5. The first kappa shape index (κ1) is 23.0. The molecule has 36 heavy (non-hydrogen) atoms. The van der Waals surface area contributed by atoms with Gasteiger partial charge >= 0.3 is 5.69 Å². The predicted molar refractivity (Wildman–Crippen MR) is 137 cm³/mol. The van der Waals surface area contributed by atoms with Crippen LogP contribution in [0.2, 0.25) is 0 Å². The molecule has 180 valence electrons. The summed E-state index contributed by atoms with van der Waals surface area (Å²) in [4.78, 5) is 24.0. The van der Waals surface area contributed by atoms with Gasteiger partial charge in [0.05, 0.1) is 17.6 Å². The molecular weight excluding hydrogens is 456 g/mol. The number of nitrogens with zero attached hydrogens (tertiary/aromatic N) is 2. The number of aromatic hydroxyl groups is 1. The third-order valence-corrected chi connectivity index (χ3v) is 5.97. The van der Waals surface area contributed by atoms with Crippen molar-refractivity contribution in [3.63, 3.8) is 0 Å². The molecule has 0 aliphatic heterocycles. The Morgan fingerprint density at radius 3 is 2.56 bits per heavy atom. The SMILES string of the molecule is C#Cc1ccc2nc([C@H](Cc3ccccc3)n3c(O)c(-c4ccc(OCCO)cc4)[nH]c3=O)[nH]c2c1. The Morgan fingerprint density at radius 2 is 1.83 bits per heavy atom. The quantitative estimate of drug-likeness (QED) is 0.253. The molecule has 0 saturated carbocycles. The number of aromatic amines is 2. The maximum Gasteiger partial charge on any atom is 0.329 e. The summed E-state index contributed by atoms with van der Waals surface area (Å²) in [7, 11) is 0. The predicted octanol–water partition coefficient (Wildman–Crippen LogP) is 3.61. The van der Waals surface area contributed by atoms with Crippen LogP contribution < -0.4 is 10.4 Å². The highest BCUT2D eigenvalue weighted by Gasteiger charge is 2.26. The molecule has 2 aromatic heterocycles. The van der Waals surface area contributed by atoms with Crippen LogP contribution in [-0.2, 0) is 6.42 Å². The van der Waals surface area contributed by atoms with Gasteiger partial charge in [-0.15, -0.1) is 6.42 Å². The number of aliphatic hydroxyl groups excluding tert-OH is 1. The number of H-pyrrole nitrogens is 2. The average Bonchev–Trinajstić information content (AvgIpc) is 3.46. The van der Waals surface area contributed by atoms with Crippen molar-refractivity contribution in [2.75, 3.05) is 13.2 Å². The molecule has 4 N–H and O–H groups in total. The van der Waals surface area contributed by atoms with Gasteiger partial charge in [-0.25, -0.2) is 9.78 Å². The number of terminal acetylenes is 1. The molecule has 0 aliphatic rings. The molecule has 3 aromatic carbocycles. The zero-order valence-corrected chi connectivity index (χ0v) is 19.3. The fraction of sp³-hybridized carbons (Fsp3) is 0.143. The van der Waals surface area contributed by atoms with Crippen LogP contribution >= 0.6 is 0 Å². The lowest BCUT2D eigenvalue weighted by Crippen LogP contribution is -2.25. The van der Waals surface area contributed by atoms with Crippen molar-refractivity contribution in [1.82, 2.24) is 19.5 Å². The summed E-state index contributed by atoms with van der Waals surface area (Å²) in [6.07, 6.45) is 5.96.